The molecule has 0 radical (unpaired) electrons. The minimum atomic E-state index is -4.74. The maximum absolute atomic E-state index is 13.9. The van der Waals surface area contributed by atoms with Crippen molar-refractivity contribution >= 4 is 21.8 Å². The number of aromatic nitrogens is 5. The Hall–Kier alpha value is -3.11. The highest BCUT2D eigenvalue weighted by Gasteiger charge is 2.39. The minimum Gasteiger partial charge on any atom is -0.278 e. The number of hydrogen-bond acceptors (Lipinski definition) is 3. The van der Waals surface area contributed by atoms with Crippen LogP contribution >= 0.6 is 0 Å². The van der Waals surface area contributed by atoms with E-state index in [-0.39, 0.29) is 22.3 Å². The van der Waals surface area contributed by atoms with Gasteiger partial charge in [0.25, 0.3) is 0 Å². The molecule has 5 rings (SSSR count). The van der Waals surface area contributed by atoms with Gasteiger partial charge in [-0.3, -0.25) is 10.2 Å². The molecule has 0 aliphatic heterocycles. The molecule has 0 bridgehead atoms. The Labute approximate surface area is 164 Å². The Morgan fingerprint density at radius 1 is 0.833 bits per heavy atom. The van der Waals surface area contributed by atoms with Gasteiger partial charge in [-0.2, -0.15) is 36.5 Å². The van der Waals surface area contributed by atoms with Gasteiger partial charge < -0.3 is 0 Å². The molecule has 30 heavy (non-hydrogen) atoms. The van der Waals surface area contributed by atoms with E-state index < -0.39 is 23.6 Å². The molecule has 1 aliphatic carbocycles. The van der Waals surface area contributed by atoms with Gasteiger partial charge in [0.2, 0.25) is 0 Å². The normalized spacial score (nSPS) is 15.1. The summed E-state index contributed by atoms with van der Waals surface area (Å²) in [6.07, 6.45) is -4.80. The third-order valence-electron chi connectivity index (χ3n) is 5.48. The SMILES string of the molecule is FC(F)(F)c1[nH]ncc1-c1nc2c(C(F)(F)F)cc3[nH]ncc3c2c2c1CCCC2. The summed E-state index contributed by atoms with van der Waals surface area (Å²) in [6, 6.07) is 0.900. The van der Waals surface area contributed by atoms with Gasteiger partial charge in [-0.05, 0) is 42.9 Å². The summed E-state index contributed by atoms with van der Waals surface area (Å²) in [5, 5.41) is 12.6. The lowest BCUT2D eigenvalue weighted by molar-refractivity contribution is -0.140. The van der Waals surface area contributed by atoms with E-state index in [4.69, 9.17) is 0 Å². The van der Waals surface area contributed by atoms with Gasteiger partial charge in [0.05, 0.1) is 40.2 Å². The maximum atomic E-state index is 13.9. The number of fused-ring (bicyclic) bond motifs is 5. The summed E-state index contributed by atoms with van der Waals surface area (Å²) in [6.45, 7) is 0. The van der Waals surface area contributed by atoms with Gasteiger partial charge in [0, 0.05) is 10.8 Å². The number of H-pyrrole nitrogens is 2. The van der Waals surface area contributed by atoms with Gasteiger partial charge in [0.1, 0.15) is 5.69 Å². The average Bonchev–Trinajstić information content (AvgIpc) is 3.34. The van der Waals surface area contributed by atoms with E-state index in [2.05, 4.69) is 20.3 Å². The van der Waals surface area contributed by atoms with Crippen LogP contribution < -0.4 is 0 Å². The van der Waals surface area contributed by atoms with Crippen molar-refractivity contribution in [1.82, 2.24) is 25.4 Å². The predicted molar refractivity (Wildman–Crippen MR) is 95.6 cm³/mol. The summed E-state index contributed by atoms with van der Waals surface area (Å²) in [5.41, 5.74) is -1.64. The Kier molecular flexibility index (Phi) is 3.90. The fourth-order valence-electron chi connectivity index (χ4n) is 4.24. The van der Waals surface area contributed by atoms with Crippen molar-refractivity contribution in [3.63, 3.8) is 0 Å². The molecule has 0 saturated carbocycles. The molecule has 3 heterocycles. The summed E-state index contributed by atoms with van der Waals surface area (Å²) >= 11 is 0. The van der Waals surface area contributed by atoms with Gasteiger partial charge >= 0.3 is 12.4 Å². The number of nitrogens with one attached hydrogen (secondary N) is 2. The lowest BCUT2D eigenvalue weighted by atomic mass is 9.85. The van der Waals surface area contributed by atoms with Crippen molar-refractivity contribution in [2.45, 2.75) is 38.0 Å². The van der Waals surface area contributed by atoms with Crippen molar-refractivity contribution in [3.8, 4) is 11.3 Å². The number of benzene rings is 1. The van der Waals surface area contributed by atoms with Crippen molar-refractivity contribution in [1.29, 1.82) is 0 Å². The Bertz CT molecular complexity index is 1280. The first-order valence-corrected chi connectivity index (χ1v) is 9.16. The lowest BCUT2D eigenvalue weighted by Crippen LogP contribution is -2.14. The summed E-state index contributed by atoms with van der Waals surface area (Å²) in [7, 11) is 0. The quantitative estimate of drug-likeness (QED) is 0.400. The van der Waals surface area contributed by atoms with E-state index in [1.54, 1.807) is 0 Å². The maximum Gasteiger partial charge on any atom is 0.433 e. The number of hydrogen-bond donors (Lipinski definition) is 2. The number of pyridine rings is 1. The highest BCUT2D eigenvalue weighted by molar-refractivity contribution is 6.09. The van der Waals surface area contributed by atoms with Crippen molar-refractivity contribution < 1.29 is 26.3 Å². The summed E-state index contributed by atoms with van der Waals surface area (Å²) in [5.74, 6) is 0. The molecule has 4 aromatic rings. The van der Waals surface area contributed by atoms with E-state index in [1.165, 1.54) is 6.20 Å². The first kappa shape index (κ1) is 18.9. The smallest absolute Gasteiger partial charge is 0.278 e. The molecule has 1 aliphatic rings. The molecule has 0 unspecified atom stereocenters. The summed E-state index contributed by atoms with van der Waals surface area (Å²) in [4.78, 5) is 4.18. The fourth-order valence-corrected chi connectivity index (χ4v) is 4.24. The molecule has 1 aromatic carbocycles. The molecule has 0 spiro atoms. The van der Waals surface area contributed by atoms with Crippen LogP contribution in [0.4, 0.5) is 26.3 Å². The number of aromatic amines is 2. The topological polar surface area (TPSA) is 70.2 Å². The Morgan fingerprint density at radius 3 is 2.23 bits per heavy atom. The van der Waals surface area contributed by atoms with Gasteiger partial charge in [0.15, 0.2) is 0 Å². The van der Waals surface area contributed by atoms with Crippen molar-refractivity contribution in [2.24, 2.45) is 0 Å². The van der Waals surface area contributed by atoms with Crippen LogP contribution in [0.3, 0.4) is 0 Å². The molecule has 3 aromatic heterocycles. The van der Waals surface area contributed by atoms with Crippen LogP contribution in [0.15, 0.2) is 18.5 Å². The highest BCUT2D eigenvalue weighted by atomic mass is 19.4. The van der Waals surface area contributed by atoms with Gasteiger partial charge in [-0.15, -0.1) is 0 Å². The molecule has 0 amide bonds. The molecule has 11 heteroatoms. The van der Waals surface area contributed by atoms with Crippen LogP contribution in [-0.2, 0) is 25.2 Å². The molecule has 156 valence electrons. The van der Waals surface area contributed by atoms with Crippen LogP contribution in [0.1, 0.15) is 35.2 Å². The highest BCUT2D eigenvalue weighted by Crippen LogP contribution is 2.44. The standard InChI is InChI=1S/C19H13F6N5/c20-18(21,22)12-5-13-10(6-26-29-13)14-8-3-1-2-4-9(8)15(28-16(12)14)11-7-27-30-17(11)19(23,24)25/h5-7H,1-4H2,(H,26,29)(H,27,30). The number of rotatable bonds is 1. The second-order valence-corrected chi connectivity index (χ2v) is 7.26. The molecular formula is C19H13F6N5. The van der Waals surface area contributed by atoms with E-state index in [9.17, 15) is 26.3 Å². The molecule has 0 fully saturated rings. The predicted octanol–water partition coefficient (Wildman–Crippen LogP) is 5.42. The van der Waals surface area contributed by atoms with Crippen LogP contribution in [0.25, 0.3) is 33.1 Å². The fraction of sp³-hybridized carbons (Fsp3) is 0.316. The summed E-state index contributed by atoms with van der Waals surface area (Å²) < 4.78 is 81.9. The number of halogens is 6. The van der Waals surface area contributed by atoms with Crippen LogP contribution in [0, 0.1) is 0 Å². The molecule has 2 N–H and O–H groups in total. The molecular weight excluding hydrogens is 412 g/mol. The van der Waals surface area contributed by atoms with E-state index in [1.807, 2.05) is 5.10 Å². The van der Waals surface area contributed by atoms with Gasteiger partial charge in [-0.1, -0.05) is 0 Å². The number of alkyl halides is 6. The molecule has 0 atom stereocenters. The Balaban J connectivity index is 1.95. The first-order chi connectivity index (χ1) is 14.2. The van der Waals surface area contributed by atoms with Crippen LogP contribution in [-0.4, -0.2) is 25.4 Å². The van der Waals surface area contributed by atoms with Crippen LogP contribution in [0.5, 0.6) is 0 Å². The zero-order valence-electron chi connectivity index (χ0n) is 15.2. The van der Waals surface area contributed by atoms with Crippen molar-refractivity contribution in [2.75, 3.05) is 0 Å². The first-order valence-electron chi connectivity index (χ1n) is 9.16. The third kappa shape index (κ3) is 2.75. The van der Waals surface area contributed by atoms with Crippen LogP contribution in [0.2, 0.25) is 0 Å². The minimum absolute atomic E-state index is 0.105. The van der Waals surface area contributed by atoms with E-state index in [0.29, 0.717) is 41.2 Å². The molecule has 0 saturated heterocycles. The largest absolute Gasteiger partial charge is 0.433 e. The lowest BCUT2D eigenvalue weighted by Gasteiger charge is -2.23. The average molecular weight is 425 g/mol. The second-order valence-electron chi connectivity index (χ2n) is 7.26. The number of nitrogens with zero attached hydrogens (tertiary/aromatic N) is 3. The monoisotopic (exact) mass is 425 g/mol. The van der Waals surface area contributed by atoms with E-state index >= 15 is 0 Å². The zero-order valence-corrected chi connectivity index (χ0v) is 15.2. The zero-order chi connectivity index (χ0) is 21.3. The third-order valence-corrected chi connectivity index (χ3v) is 5.48. The van der Waals surface area contributed by atoms with E-state index in [0.717, 1.165) is 18.7 Å². The van der Waals surface area contributed by atoms with Crippen molar-refractivity contribution in [3.05, 3.63) is 40.8 Å². The molecule has 5 nitrogen and oxygen atoms in total. The second kappa shape index (κ2) is 6.19. The number of aryl methyl sites for hydroxylation is 1. The Morgan fingerprint density at radius 2 is 1.53 bits per heavy atom. The van der Waals surface area contributed by atoms with Gasteiger partial charge in [-0.25, -0.2) is 4.98 Å².